The highest BCUT2D eigenvalue weighted by Crippen LogP contribution is 2.35. The highest BCUT2D eigenvalue weighted by molar-refractivity contribution is 4.97. The van der Waals surface area contributed by atoms with E-state index in [9.17, 15) is 0 Å². The summed E-state index contributed by atoms with van der Waals surface area (Å²) in [5, 5.41) is 0. The van der Waals surface area contributed by atoms with E-state index in [1.165, 1.54) is 39.0 Å². The van der Waals surface area contributed by atoms with Gasteiger partial charge in [0.15, 0.2) is 0 Å². The Labute approximate surface area is 94.6 Å². The zero-order chi connectivity index (χ0) is 11.1. The Morgan fingerprint density at radius 2 is 1.80 bits per heavy atom. The monoisotopic (exact) mass is 210 g/mol. The molecule has 0 amide bonds. The van der Waals surface area contributed by atoms with Crippen LogP contribution in [-0.2, 0) is 0 Å². The predicted octanol–water partition coefficient (Wildman–Crippen LogP) is 2.20. The van der Waals surface area contributed by atoms with Gasteiger partial charge < -0.3 is 4.90 Å². The molecule has 2 heteroatoms. The maximum atomic E-state index is 2.74. The largest absolute Gasteiger partial charge is 0.302 e. The van der Waals surface area contributed by atoms with Gasteiger partial charge in [-0.05, 0) is 59.2 Å². The van der Waals surface area contributed by atoms with Crippen molar-refractivity contribution in [2.75, 3.05) is 26.2 Å². The Kier molecular flexibility index (Phi) is 3.09. The SMILES string of the molecule is CCN1CCC2CCN(C(C)(C)C)C2C1. The third kappa shape index (κ3) is 2.21. The minimum absolute atomic E-state index is 0.357. The summed E-state index contributed by atoms with van der Waals surface area (Å²) < 4.78 is 0. The number of likely N-dealkylation sites (N-methyl/N-ethyl adjacent to an activating group) is 1. The molecule has 0 aromatic carbocycles. The van der Waals surface area contributed by atoms with Crippen LogP contribution in [0.25, 0.3) is 0 Å². The van der Waals surface area contributed by atoms with Gasteiger partial charge in [0.1, 0.15) is 0 Å². The fourth-order valence-corrected chi connectivity index (χ4v) is 3.33. The van der Waals surface area contributed by atoms with Crippen LogP contribution < -0.4 is 0 Å². The maximum Gasteiger partial charge on any atom is 0.0257 e. The van der Waals surface area contributed by atoms with E-state index in [0.29, 0.717) is 5.54 Å². The van der Waals surface area contributed by atoms with Crippen molar-refractivity contribution in [2.45, 2.75) is 52.1 Å². The first-order valence-corrected chi connectivity index (χ1v) is 6.51. The van der Waals surface area contributed by atoms with Gasteiger partial charge in [-0.15, -0.1) is 0 Å². The molecule has 0 bridgehead atoms. The molecule has 2 heterocycles. The average Bonchev–Trinajstić information content (AvgIpc) is 2.59. The lowest BCUT2D eigenvalue weighted by atomic mass is 9.91. The Bertz CT molecular complexity index is 219. The van der Waals surface area contributed by atoms with E-state index in [1.807, 2.05) is 0 Å². The second-order valence-electron chi connectivity index (χ2n) is 6.16. The van der Waals surface area contributed by atoms with Gasteiger partial charge in [-0.3, -0.25) is 4.90 Å². The lowest BCUT2D eigenvalue weighted by molar-refractivity contribution is 0.0529. The van der Waals surface area contributed by atoms with Crippen LogP contribution in [0.3, 0.4) is 0 Å². The molecule has 2 unspecified atom stereocenters. The molecule has 2 fully saturated rings. The van der Waals surface area contributed by atoms with Crippen LogP contribution in [0.2, 0.25) is 0 Å². The molecule has 2 saturated heterocycles. The topological polar surface area (TPSA) is 6.48 Å². The summed E-state index contributed by atoms with van der Waals surface area (Å²) in [5.41, 5.74) is 0.357. The molecule has 2 aliphatic heterocycles. The molecule has 2 atom stereocenters. The van der Waals surface area contributed by atoms with Crippen LogP contribution in [0, 0.1) is 5.92 Å². The van der Waals surface area contributed by atoms with Crippen LogP contribution in [0.15, 0.2) is 0 Å². The molecule has 2 aliphatic rings. The standard InChI is InChI=1S/C13H26N2/c1-5-14-8-6-11-7-9-15(12(11)10-14)13(2,3)4/h11-12H,5-10H2,1-4H3. The number of hydrogen-bond donors (Lipinski definition) is 0. The molecule has 0 N–H and O–H groups in total. The van der Waals surface area contributed by atoms with Gasteiger partial charge in [0.25, 0.3) is 0 Å². The lowest BCUT2D eigenvalue weighted by Crippen LogP contribution is -2.53. The summed E-state index contributed by atoms with van der Waals surface area (Å²) in [6, 6.07) is 0.832. The number of fused-ring (bicyclic) bond motifs is 1. The van der Waals surface area contributed by atoms with Crippen LogP contribution in [0.4, 0.5) is 0 Å². The molecule has 0 radical (unpaired) electrons. The van der Waals surface area contributed by atoms with Crippen molar-refractivity contribution in [2.24, 2.45) is 5.92 Å². The minimum atomic E-state index is 0.357. The summed E-state index contributed by atoms with van der Waals surface area (Å²) in [4.78, 5) is 5.35. The van der Waals surface area contributed by atoms with Crippen LogP contribution in [0.5, 0.6) is 0 Å². The van der Waals surface area contributed by atoms with Crippen molar-refractivity contribution in [1.29, 1.82) is 0 Å². The number of likely N-dealkylation sites (tertiary alicyclic amines) is 2. The summed E-state index contributed by atoms with van der Waals surface area (Å²) in [6.07, 6.45) is 2.85. The highest BCUT2D eigenvalue weighted by atomic mass is 15.3. The fourth-order valence-electron chi connectivity index (χ4n) is 3.33. The highest BCUT2D eigenvalue weighted by Gasteiger charge is 2.41. The second kappa shape index (κ2) is 4.06. The smallest absolute Gasteiger partial charge is 0.0257 e. The van der Waals surface area contributed by atoms with E-state index in [0.717, 1.165) is 12.0 Å². The number of rotatable bonds is 1. The van der Waals surface area contributed by atoms with Crippen molar-refractivity contribution in [3.05, 3.63) is 0 Å². The zero-order valence-electron chi connectivity index (χ0n) is 10.8. The first-order chi connectivity index (χ1) is 7.02. The van der Waals surface area contributed by atoms with E-state index >= 15 is 0 Å². The zero-order valence-corrected chi connectivity index (χ0v) is 10.8. The summed E-state index contributed by atoms with van der Waals surface area (Å²) in [6.45, 7) is 14.5. The van der Waals surface area contributed by atoms with Crippen molar-refractivity contribution >= 4 is 0 Å². The fraction of sp³-hybridized carbons (Fsp3) is 1.00. The molecular formula is C13H26N2. The van der Waals surface area contributed by atoms with E-state index in [4.69, 9.17) is 0 Å². The first kappa shape index (κ1) is 11.4. The number of hydrogen-bond acceptors (Lipinski definition) is 2. The average molecular weight is 210 g/mol. The molecule has 2 rings (SSSR count). The Hall–Kier alpha value is -0.0800. The van der Waals surface area contributed by atoms with E-state index in [1.54, 1.807) is 0 Å². The van der Waals surface area contributed by atoms with Crippen molar-refractivity contribution in [3.63, 3.8) is 0 Å². The third-order valence-electron chi connectivity index (χ3n) is 4.26. The van der Waals surface area contributed by atoms with Gasteiger partial charge in [0.05, 0.1) is 0 Å². The molecule has 88 valence electrons. The van der Waals surface area contributed by atoms with Crippen LogP contribution in [-0.4, -0.2) is 47.6 Å². The molecule has 15 heavy (non-hydrogen) atoms. The van der Waals surface area contributed by atoms with E-state index in [-0.39, 0.29) is 0 Å². The number of nitrogens with zero attached hydrogens (tertiary/aromatic N) is 2. The van der Waals surface area contributed by atoms with Gasteiger partial charge in [0, 0.05) is 18.1 Å². The molecule has 0 spiro atoms. The van der Waals surface area contributed by atoms with E-state index in [2.05, 4.69) is 37.5 Å². The lowest BCUT2D eigenvalue weighted by Gasteiger charge is -2.43. The van der Waals surface area contributed by atoms with Crippen molar-refractivity contribution < 1.29 is 0 Å². The van der Waals surface area contributed by atoms with Crippen LogP contribution >= 0.6 is 0 Å². The van der Waals surface area contributed by atoms with Crippen LogP contribution in [0.1, 0.15) is 40.5 Å². The predicted molar refractivity (Wildman–Crippen MR) is 65.1 cm³/mol. The van der Waals surface area contributed by atoms with Gasteiger partial charge >= 0.3 is 0 Å². The van der Waals surface area contributed by atoms with Crippen molar-refractivity contribution in [1.82, 2.24) is 9.80 Å². The molecular weight excluding hydrogens is 184 g/mol. The summed E-state index contributed by atoms with van der Waals surface area (Å²) in [7, 11) is 0. The molecule has 0 aliphatic carbocycles. The quantitative estimate of drug-likeness (QED) is 0.654. The van der Waals surface area contributed by atoms with Gasteiger partial charge in [-0.25, -0.2) is 0 Å². The van der Waals surface area contributed by atoms with Gasteiger partial charge in [-0.2, -0.15) is 0 Å². The normalized spacial score (nSPS) is 34.4. The summed E-state index contributed by atoms with van der Waals surface area (Å²) in [5.74, 6) is 0.979. The maximum absolute atomic E-state index is 2.74. The second-order valence-corrected chi connectivity index (χ2v) is 6.16. The molecule has 0 saturated carbocycles. The molecule has 0 aromatic heterocycles. The Morgan fingerprint density at radius 3 is 2.40 bits per heavy atom. The van der Waals surface area contributed by atoms with Crippen molar-refractivity contribution in [3.8, 4) is 0 Å². The van der Waals surface area contributed by atoms with E-state index < -0.39 is 0 Å². The number of piperidine rings is 1. The third-order valence-corrected chi connectivity index (χ3v) is 4.26. The first-order valence-electron chi connectivity index (χ1n) is 6.51. The van der Waals surface area contributed by atoms with Gasteiger partial charge in [0.2, 0.25) is 0 Å². The minimum Gasteiger partial charge on any atom is -0.302 e. The Morgan fingerprint density at radius 1 is 1.13 bits per heavy atom. The summed E-state index contributed by atoms with van der Waals surface area (Å²) >= 11 is 0. The molecule has 0 aromatic rings. The van der Waals surface area contributed by atoms with Gasteiger partial charge in [-0.1, -0.05) is 6.92 Å². The molecule has 2 nitrogen and oxygen atoms in total. The Balaban J connectivity index is 2.05.